The topological polar surface area (TPSA) is 53.4 Å². The van der Waals surface area contributed by atoms with Gasteiger partial charge in [0.15, 0.2) is 0 Å². The molecule has 0 spiro atoms. The fraction of sp³-hybridized carbons (Fsp3) is 0.357. The number of aliphatic hydroxyl groups is 2. The van der Waals surface area contributed by atoms with E-state index in [1.165, 1.54) is 11.8 Å². The quantitative estimate of drug-likeness (QED) is 0.891. The maximum Gasteiger partial charge on any atom is 0.0861 e. The standard InChI is InChI=1S/C14H16ClNO2S/c1-9-11-4-2-3-5-12(11)16-13(14(9)15)8-19-7-10(18)6-17/h2-5,10,17-18H,6-8H2,1H3. The number of aromatic nitrogens is 1. The van der Waals surface area contributed by atoms with E-state index >= 15 is 0 Å². The molecule has 2 aromatic rings. The highest BCUT2D eigenvalue weighted by Gasteiger charge is 2.11. The third-order valence-electron chi connectivity index (χ3n) is 2.91. The van der Waals surface area contributed by atoms with Crippen molar-refractivity contribution in [2.75, 3.05) is 12.4 Å². The average molecular weight is 298 g/mol. The van der Waals surface area contributed by atoms with E-state index in [1.807, 2.05) is 31.2 Å². The Bertz CT molecular complexity index is 577. The molecule has 1 aromatic heterocycles. The van der Waals surface area contributed by atoms with Gasteiger partial charge < -0.3 is 10.2 Å². The molecule has 0 saturated carbocycles. The number of hydrogen-bond donors (Lipinski definition) is 2. The molecule has 1 aromatic carbocycles. The second-order valence-corrected chi connectivity index (χ2v) is 5.77. The number of aryl methyl sites for hydroxylation is 1. The van der Waals surface area contributed by atoms with Crippen LogP contribution >= 0.6 is 23.4 Å². The number of fused-ring (bicyclic) bond motifs is 1. The summed E-state index contributed by atoms with van der Waals surface area (Å²) >= 11 is 7.85. The Morgan fingerprint density at radius 2 is 2.11 bits per heavy atom. The highest BCUT2D eigenvalue weighted by molar-refractivity contribution is 7.98. The van der Waals surface area contributed by atoms with E-state index < -0.39 is 6.10 Å². The first kappa shape index (κ1) is 14.6. The van der Waals surface area contributed by atoms with Crippen LogP contribution in [0.3, 0.4) is 0 Å². The average Bonchev–Trinajstić information content (AvgIpc) is 2.44. The van der Waals surface area contributed by atoms with E-state index in [9.17, 15) is 5.11 Å². The minimum absolute atomic E-state index is 0.217. The summed E-state index contributed by atoms with van der Waals surface area (Å²) in [5.41, 5.74) is 2.79. The Kier molecular flexibility index (Phi) is 5.05. The molecule has 0 aliphatic heterocycles. The van der Waals surface area contributed by atoms with Gasteiger partial charge in [0.1, 0.15) is 0 Å². The molecule has 0 amide bonds. The number of para-hydroxylation sites is 1. The van der Waals surface area contributed by atoms with Gasteiger partial charge in [-0.3, -0.25) is 4.98 Å². The molecule has 0 radical (unpaired) electrons. The van der Waals surface area contributed by atoms with Crippen molar-refractivity contribution in [2.24, 2.45) is 0 Å². The highest BCUT2D eigenvalue weighted by atomic mass is 35.5. The lowest BCUT2D eigenvalue weighted by molar-refractivity contribution is 0.113. The molecule has 0 aliphatic rings. The molecular weight excluding hydrogens is 282 g/mol. The van der Waals surface area contributed by atoms with Crippen molar-refractivity contribution in [1.29, 1.82) is 0 Å². The van der Waals surface area contributed by atoms with Crippen LogP contribution in [0, 0.1) is 6.92 Å². The molecule has 102 valence electrons. The van der Waals surface area contributed by atoms with Crippen LogP contribution in [0.15, 0.2) is 24.3 Å². The summed E-state index contributed by atoms with van der Waals surface area (Å²) < 4.78 is 0. The lowest BCUT2D eigenvalue weighted by Crippen LogP contribution is -2.14. The number of thioether (sulfide) groups is 1. The predicted molar refractivity (Wildman–Crippen MR) is 80.7 cm³/mol. The Labute approximate surface area is 121 Å². The van der Waals surface area contributed by atoms with Gasteiger partial charge in [0.25, 0.3) is 0 Å². The molecule has 19 heavy (non-hydrogen) atoms. The first-order valence-electron chi connectivity index (χ1n) is 6.04. The van der Waals surface area contributed by atoms with Crippen LogP contribution in [-0.2, 0) is 5.75 Å². The summed E-state index contributed by atoms with van der Waals surface area (Å²) in [5.74, 6) is 1.10. The zero-order valence-corrected chi connectivity index (χ0v) is 12.2. The van der Waals surface area contributed by atoms with Crippen LogP contribution in [0.2, 0.25) is 5.02 Å². The molecule has 0 saturated heterocycles. The summed E-state index contributed by atoms with van der Waals surface area (Å²) in [6.07, 6.45) is -0.690. The lowest BCUT2D eigenvalue weighted by atomic mass is 10.1. The van der Waals surface area contributed by atoms with Gasteiger partial charge in [0, 0.05) is 16.9 Å². The normalized spacial score (nSPS) is 12.8. The first-order chi connectivity index (χ1) is 9.13. The van der Waals surface area contributed by atoms with Crippen molar-refractivity contribution in [3.63, 3.8) is 0 Å². The molecule has 0 bridgehead atoms. The van der Waals surface area contributed by atoms with Crippen molar-refractivity contribution in [2.45, 2.75) is 18.8 Å². The lowest BCUT2D eigenvalue weighted by Gasteiger charge is -2.11. The number of pyridine rings is 1. The number of hydrogen-bond acceptors (Lipinski definition) is 4. The summed E-state index contributed by atoms with van der Waals surface area (Å²) in [7, 11) is 0. The maximum absolute atomic E-state index is 9.31. The van der Waals surface area contributed by atoms with Crippen molar-refractivity contribution in [3.8, 4) is 0 Å². The number of rotatable bonds is 5. The minimum Gasteiger partial charge on any atom is -0.394 e. The largest absolute Gasteiger partial charge is 0.394 e. The van der Waals surface area contributed by atoms with Gasteiger partial charge >= 0.3 is 0 Å². The van der Waals surface area contributed by atoms with E-state index in [1.54, 1.807) is 0 Å². The van der Waals surface area contributed by atoms with Gasteiger partial charge in [-0.15, -0.1) is 0 Å². The molecule has 0 aliphatic carbocycles. The number of halogens is 1. The van der Waals surface area contributed by atoms with Gasteiger partial charge in [-0.1, -0.05) is 29.8 Å². The third-order valence-corrected chi connectivity index (χ3v) is 4.51. The number of nitrogens with zero attached hydrogens (tertiary/aromatic N) is 1. The summed E-state index contributed by atoms with van der Waals surface area (Å²) in [6, 6.07) is 7.90. The molecule has 1 atom stereocenters. The van der Waals surface area contributed by atoms with Gasteiger partial charge in [-0.05, 0) is 18.6 Å². The van der Waals surface area contributed by atoms with E-state index in [4.69, 9.17) is 16.7 Å². The molecule has 1 unspecified atom stereocenters. The Hall–Kier alpha value is -0.810. The Morgan fingerprint density at radius 3 is 2.84 bits per heavy atom. The molecule has 0 fully saturated rings. The smallest absolute Gasteiger partial charge is 0.0861 e. The summed E-state index contributed by atoms with van der Waals surface area (Å²) in [5, 5.41) is 19.8. The van der Waals surface area contributed by atoms with Gasteiger partial charge in [-0.2, -0.15) is 11.8 Å². The molecule has 1 heterocycles. The summed E-state index contributed by atoms with van der Waals surface area (Å²) in [4.78, 5) is 4.56. The van der Waals surface area contributed by atoms with Gasteiger partial charge in [-0.25, -0.2) is 0 Å². The molecule has 5 heteroatoms. The van der Waals surface area contributed by atoms with Crippen LogP contribution < -0.4 is 0 Å². The molecular formula is C14H16ClNO2S. The fourth-order valence-electron chi connectivity index (χ4n) is 1.86. The maximum atomic E-state index is 9.31. The Balaban J connectivity index is 2.21. The fourth-order valence-corrected chi connectivity index (χ4v) is 3.05. The monoisotopic (exact) mass is 297 g/mol. The van der Waals surface area contributed by atoms with Crippen LogP contribution in [0.1, 0.15) is 11.3 Å². The number of benzene rings is 1. The van der Waals surface area contributed by atoms with Crippen LogP contribution in [-0.4, -0.2) is 33.7 Å². The second kappa shape index (κ2) is 6.57. The van der Waals surface area contributed by atoms with E-state index in [0.29, 0.717) is 16.5 Å². The first-order valence-corrected chi connectivity index (χ1v) is 7.57. The highest BCUT2D eigenvalue weighted by Crippen LogP contribution is 2.29. The zero-order chi connectivity index (χ0) is 13.8. The molecule has 2 N–H and O–H groups in total. The predicted octanol–water partition coefficient (Wildman–Crippen LogP) is 2.78. The van der Waals surface area contributed by atoms with E-state index in [2.05, 4.69) is 4.98 Å². The third kappa shape index (κ3) is 3.39. The Morgan fingerprint density at radius 1 is 1.37 bits per heavy atom. The summed E-state index contributed by atoms with van der Waals surface area (Å²) in [6.45, 7) is 1.77. The van der Waals surface area contributed by atoms with Crippen molar-refractivity contribution < 1.29 is 10.2 Å². The SMILES string of the molecule is Cc1c(Cl)c(CSCC(O)CO)nc2ccccc12. The van der Waals surface area contributed by atoms with Gasteiger partial charge in [0.05, 0.1) is 28.9 Å². The van der Waals surface area contributed by atoms with Crippen LogP contribution in [0.25, 0.3) is 10.9 Å². The van der Waals surface area contributed by atoms with Crippen molar-refractivity contribution >= 4 is 34.3 Å². The number of aliphatic hydroxyl groups excluding tert-OH is 2. The van der Waals surface area contributed by atoms with Crippen molar-refractivity contribution in [1.82, 2.24) is 4.98 Å². The van der Waals surface area contributed by atoms with E-state index in [-0.39, 0.29) is 6.61 Å². The van der Waals surface area contributed by atoms with Crippen LogP contribution in [0.5, 0.6) is 0 Å². The van der Waals surface area contributed by atoms with Gasteiger partial charge in [0.2, 0.25) is 0 Å². The second-order valence-electron chi connectivity index (χ2n) is 4.37. The van der Waals surface area contributed by atoms with E-state index in [0.717, 1.165) is 22.2 Å². The van der Waals surface area contributed by atoms with Crippen LogP contribution in [0.4, 0.5) is 0 Å². The molecule has 3 nitrogen and oxygen atoms in total. The van der Waals surface area contributed by atoms with Crippen molar-refractivity contribution in [3.05, 3.63) is 40.5 Å². The molecule has 2 rings (SSSR count). The minimum atomic E-state index is -0.690. The zero-order valence-electron chi connectivity index (χ0n) is 10.6.